The molecule has 1 aromatic rings. The molecule has 1 saturated carbocycles. The maximum absolute atomic E-state index is 3.53. The molecule has 74 valence electrons. The number of benzene rings is 1. The van der Waals surface area contributed by atoms with Crippen LogP contribution in [-0.4, -0.2) is 6.54 Å². The maximum atomic E-state index is 3.53. The fourth-order valence-electron chi connectivity index (χ4n) is 2.65. The van der Waals surface area contributed by atoms with Crippen molar-refractivity contribution in [2.45, 2.75) is 32.6 Å². The molecule has 0 unspecified atom stereocenters. The lowest BCUT2D eigenvalue weighted by atomic mass is 9.99. The van der Waals surface area contributed by atoms with Crippen LogP contribution < -0.4 is 5.32 Å². The third-order valence-corrected chi connectivity index (χ3v) is 3.77. The molecular formula is C13H17N. The Morgan fingerprint density at radius 3 is 2.86 bits per heavy atom. The van der Waals surface area contributed by atoms with Crippen molar-refractivity contribution >= 4 is 5.69 Å². The minimum absolute atomic E-state index is 0.541. The second-order valence-corrected chi connectivity index (χ2v) is 5.30. The number of hydrogen-bond donors (Lipinski definition) is 1. The second-order valence-electron chi connectivity index (χ2n) is 5.30. The second kappa shape index (κ2) is 2.53. The van der Waals surface area contributed by atoms with E-state index in [4.69, 9.17) is 0 Å². The molecule has 1 aliphatic carbocycles. The fraction of sp³-hybridized carbons (Fsp3) is 0.538. The Morgan fingerprint density at radius 2 is 2.14 bits per heavy atom. The van der Waals surface area contributed by atoms with E-state index in [-0.39, 0.29) is 0 Å². The Labute approximate surface area is 85.5 Å². The zero-order valence-electron chi connectivity index (χ0n) is 8.93. The average Bonchev–Trinajstić information content (AvgIpc) is 2.64. The van der Waals surface area contributed by atoms with E-state index in [0.717, 1.165) is 12.5 Å². The zero-order chi connectivity index (χ0) is 9.76. The normalized spacial score (nSPS) is 26.9. The summed E-state index contributed by atoms with van der Waals surface area (Å²) < 4.78 is 0. The van der Waals surface area contributed by atoms with Crippen molar-refractivity contribution in [2.24, 2.45) is 5.41 Å². The SMILES string of the molecule is CC1(C)C[C@H]1c1cccc2c1NCC2. The highest BCUT2D eigenvalue weighted by Gasteiger charge is 2.47. The van der Waals surface area contributed by atoms with E-state index in [9.17, 15) is 0 Å². The van der Waals surface area contributed by atoms with Gasteiger partial charge in [0.05, 0.1) is 0 Å². The van der Waals surface area contributed by atoms with E-state index in [1.165, 1.54) is 24.1 Å². The van der Waals surface area contributed by atoms with Crippen LogP contribution in [0.1, 0.15) is 37.3 Å². The fourth-order valence-corrected chi connectivity index (χ4v) is 2.65. The van der Waals surface area contributed by atoms with E-state index < -0.39 is 0 Å². The van der Waals surface area contributed by atoms with Crippen molar-refractivity contribution in [3.05, 3.63) is 29.3 Å². The molecule has 0 amide bonds. The molecule has 1 N–H and O–H groups in total. The molecule has 0 radical (unpaired) electrons. The van der Waals surface area contributed by atoms with Gasteiger partial charge in [-0.3, -0.25) is 0 Å². The van der Waals surface area contributed by atoms with E-state index in [1.54, 1.807) is 5.56 Å². The third-order valence-electron chi connectivity index (χ3n) is 3.77. The average molecular weight is 187 g/mol. The van der Waals surface area contributed by atoms with Crippen molar-refractivity contribution in [3.8, 4) is 0 Å². The van der Waals surface area contributed by atoms with Crippen LogP contribution in [0.4, 0.5) is 5.69 Å². The van der Waals surface area contributed by atoms with Crippen LogP contribution in [-0.2, 0) is 6.42 Å². The Kier molecular flexibility index (Phi) is 1.51. The smallest absolute Gasteiger partial charge is 0.0409 e. The Bertz CT molecular complexity index is 379. The molecule has 1 heteroatoms. The lowest BCUT2D eigenvalue weighted by Gasteiger charge is -2.10. The quantitative estimate of drug-likeness (QED) is 0.712. The summed E-state index contributed by atoms with van der Waals surface area (Å²) >= 11 is 0. The summed E-state index contributed by atoms with van der Waals surface area (Å²) in [6, 6.07) is 6.78. The van der Waals surface area contributed by atoms with Gasteiger partial charge in [0, 0.05) is 12.2 Å². The van der Waals surface area contributed by atoms with Gasteiger partial charge in [0.2, 0.25) is 0 Å². The summed E-state index contributed by atoms with van der Waals surface area (Å²) in [5.74, 6) is 0.794. The predicted molar refractivity (Wildman–Crippen MR) is 59.8 cm³/mol. The van der Waals surface area contributed by atoms with E-state index in [2.05, 4.69) is 37.4 Å². The number of para-hydroxylation sites is 1. The molecule has 1 aromatic carbocycles. The van der Waals surface area contributed by atoms with Crippen molar-refractivity contribution in [3.63, 3.8) is 0 Å². The van der Waals surface area contributed by atoms with Crippen LogP contribution >= 0.6 is 0 Å². The highest BCUT2D eigenvalue weighted by molar-refractivity contribution is 5.63. The molecule has 1 heterocycles. The minimum atomic E-state index is 0.541. The number of anilines is 1. The Hall–Kier alpha value is -0.980. The molecule has 3 rings (SSSR count). The van der Waals surface area contributed by atoms with Crippen molar-refractivity contribution in [1.29, 1.82) is 0 Å². The maximum Gasteiger partial charge on any atom is 0.0409 e. The minimum Gasteiger partial charge on any atom is -0.384 e. The molecule has 0 spiro atoms. The molecule has 1 fully saturated rings. The molecular weight excluding hydrogens is 170 g/mol. The topological polar surface area (TPSA) is 12.0 Å². The van der Waals surface area contributed by atoms with E-state index in [0.29, 0.717) is 5.41 Å². The predicted octanol–water partition coefficient (Wildman–Crippen LogP) is 3.17. The van der Waals surface area contributed by atoms with Crippen molar-refractivity contribution < 1.29 is 0 Å². The number of rotatable bonds is 1. The molecule has 0 aromatic heterocycles. The monoisotopic (exact) mass is 187 g/mol. The van der Waals surface area contributed by atoms with Gasteiger partial charge in [0.15, 0.2) is 0 Å². The largest absolute Gasteiger partial charge is 0.384 e. The molecule has 14 heavy (non-hydrogen) atoms. The molecule has 1 atom stereocenters. The first-order chi connectivity index (χ1) is 6.68. The van der Waals surface area contributed by atoms with Crippen LogP contribution in [0.2, 0.25) is 0 Å². The van der Waals surface area contributed by atoms with Gasteiger partial charge in [-0.2, -0.15) is 0 Å². The van der Waals surface area contributed by atoms with Gasteiger partial charge in [-0.25, -0.2) is 0 Å². The summed E-state index contributed by atoms with van der Waals surface area (Å²) in [5, 5.41) is 3.53. The van der Waals surface area contributed by atoms with E-state index in [1.807, 2.05) is 0 Å². The third kappa shape index (κ3) is 1.08. The number of fused-ring (bicyclic) bond motifs is 1. The van der Waals surface area contributed by atoms with Crippen molar-refractivity contribution in [1.82, 2.24) is 0 Å². The number of nitrogens with one attached hydrogen (secondary N) is 1. The van der Waals surface area contributed by atoms with Gasteiger partial charge in [-0.15, -0.1) is 0 Å². The lowest BCUT2D eigenvalue weighted by Crippen LogP contribution is -1.97. The lowest BCUT2D eigenvalue weighted by molar-refractivity contribution is 0.622. The first-order valence-electron chi connectivity index (χ1n) is 5.54. The van der Waals surface area contributed by atoms with Gasteiger partial charge < -0.3 is 5.32 Å². The van der Waals surface area contributed by atoms with Gasteiger partial charge in [0.25, 0.3) is 0 Å². The Balaban J connectivity index is 2.04. The van der Waals surface area contributed by atoms with Crippen LogP contribution in [0, 0.1) is 5.41 Å². The van der Waals surface area contributed by atoms with Crippen LogP contribution in [0.25, 0.3) is 0 Å². The summed E-state index contributed by atoms with van der Waals surface area (Å²) in [4.78, 5) is 0. The molecule has 0 saturated heterocycles. The summed E-state index contributed by atoms with van der Waals surface area (Å²) in [6.07, 6.45) is 2.56. The Morgan fingerprint density at radius 1 is 1.36 bits per heavy atom. The molecule has 2 aliphatic rings. The molecule has 0 bridgehead atoms. The van der Waals surface area contributed by atoms with Gasteiger partial charge >= 0.3 is 0 Å². The number of hydrogen-bond acceptors (Lipinski definition) is 1. The first-order valence-corrected chi connectivity index (χ1v) is 5.54. The highest BCUT2D eigenvalue weighted by atomic mass is 14.9. The summed E-state index contributed by atoms with van der Waals surface area (Å²) in [5.41, 5.74) is 5.07. The van der Waals surface area contributed by atoms with Gasteiger partial charge in [-0.1, -0.05) is 32.0 Å². The van der Waals surface area contributed by atoms with Crippen LogP contribution in [0.3, 0.4) is 0 Å². The molecule has 1 aliphatic heterocycles. The van der Waals surface area contributed by atoms with Crippen LogP contribution in [0.5, 0.6) is 0 Å². The van der Waals surface area contributed by atoms with Crippen molar-refractivity contribution in [2.75, 3.05) is 11.9 Å². The van der Waals surface area contributed by atoms with E-state index >= 15 is 0 Å². The zero-order valence-corrected chi connectivity index (χ0v) is 8.93. The first kappa shape index (κ1) is 8.34. The summed E-state index contributed by atoms with van der Waals surface area (Å²) in [6.45, 7) is 5.86. The highest BCUT2D eigenvalue weighted by Crippen LogP contribution is 2.60. The standard InChI is InChI=1S/C13H17N/c1-13(2)8-11(13)10-5-3-4-9-6-7-14-12(9)10/h3-5,11,14H,6-8H2,1-2H3/t11-/m0/s1. The summed E-state index contributed by atoms with van der Waals surface area (Å²) in [7, 11) is 0. The van der Waals surface area contributed by atoms with Gasteiger partial charge in [0.1, 0.15) is 0 Å². The molecule has 1 nitrogen and oxygen atoms in total. The van der Waals surface area contributed by atoms with Gasteiger partial charge in [-0.05, 0) is 35.3 Å². The van der Waals surface area contributed by atoms with Crippen LogP contribution in [0.15, 0.2) is 18.2 Å².